The van der Waals surface area contributed by atoms with Gasteiger partial charge in [-0.1, -0.05) is 5.57 Å². The number of amides is 1. The maximum absolute atomic E-state index is 15.0. The summed E-state index contributed by atoms with van der Waals surface area (Å²) in [5.74, 6) is 0.0473. The number of pyridine rings is 2. The third kappa shape index (κ3) is 3.95. The number of rotatable bonds is 4. The van der Waals surface area contributed by atoms with Crippen LogP contribution in [0.2, 0.25) is 0 Å². The van der Waals surface area contributed by atoms with Crippen LogP contribution in [0.15, 0.2) is 60.8 Å². The van der Waals surface area contributed by atoms with E-state index in [-0.39, 0.29) is 11.6 Å². The van der Waals surface area contributed by atoms with Gasteiger partial charge in [0.05, 0.1) is 11.9 Å². The summed E-state index contributed by atoms with van der Waals surface area (Å²) < 4.78 is 16.8. The summed E-state index contributed by atoms with van der Waals surface area (Å²) in [4.78, 5) is 20.9. The first-order chi connectivity index (χ1) is 15.9. The quantitative estimate of drug-likeness (QED) is 0.358. The Morgan fingerprint density at radius 2 is 2.06 bits per heavy atom. The molecule has 3 N–H and O–H groups in total. The van der Waals surface area contributed by atoms with E-state index in [0.717, 1.165) is 24.0 Å². The van der Waals surface area contributed by atoms with Crippen molar-refractivity contribution in [2.24, 2.45) is 7.05 Å². The second-order valence-electron chi connectivity index (χ2n) is 8.48. The number of aromatic nitrogens is 4. The van der Waals surface area contributed by atoms with E-state index >= 15 is 0 Å². The molecular formula is C25H23FN6O. The van der Waals surface area contributed by atoms with Gasteiger partial charge >= 0.3 is 0 Å². The number of benzene rings is 1. The van der Waals surface area contributed by atoms with Crippen molar-refractivity contribution in [2.75, 3.05) is 11.1 Å². The molecule has 1 aliphatic carbocycles. The first-order valence-electron chi connectivity index (χ1n) is 10.7. The second kappa shape index (κ2) is 8.12. The van der Waals surface area contributed by atoms with Crippen LogP contribution in [0, 0.1) is 12.7 Å². The number of allylic oxidation sites excluding steroid dienone is 1. The first-order valence-corrected chi connectivity index (χ1v) is 10.7. The summed E-state index contributed by atoms with van der Waals surface area (Å²) in [6, 6.07) is 5.24. The normalized spacial score (nSPS) is 15.4. The molecule has 0 aliphatic heterocycles. The minimum Gasteiger partial charge on any atom is -0.396 e. The van der Waals surface area contributed by atoms with Crippen LogP contribution in [0.25, 0.3) is 21.9 Å². The minimum atomic E-state index is -0.505. The molecule has 1 saturated carbocycles. The van der Waals surface area contributed by atoms with Gasteiger partial charge in [-0.25, -0.2) is 9.37 Å². The molecule has 5 rings (SSSR count). The van der Waals surface area contributed by atoms with Gasteiger partial charge in [0.2, 0.25) is 5.91 Å². The number of halogens is 1. The molecule has 0 saturated heterocycles. The summed E-state index contributed by atoms with van der Waals surface area (Å²) in [7, 11) is 1.89. The van der Waals surface area contributed by atoms with Crippen LogP contribution in [0.1, 0.15) is 29.9 Å². The lowest BCUT2D eigenvalue weighted by atomic mass is 9.76. The molecule has 0 unspecified atom stereocenters. The van der Waals surface area contributed by atoms with Crippen molar-refractivity contribution < 1.29 is 9.18 Å². The zero-order valence-corrected chi connectivity index (χ0v) is 18.3. The number of nitrogen functional groups attached to an aromatic ring is 1. The number of hydrogen-bond acceptors (Lipinski definition) is 5. The lowest BCUT2D eigenvalue weighted by Gasteiger charge is -2.28. The van der Waals surface area contributed by atoms with Crippen LogP contribution in [0.3, 0.4) is 0 Å². The molecule has 1 fully saturated rings. The van der Waals surface area contributed by atoms with E-state index < -0.39 is 5.82 Å². The average molecular weight is 442 g/mol. The van der Waals surface area contributed by atoms with E-state index in [1.165, 1.54) is 11.8 Å². The third-order valence-corrected chi connectivity index (χ3v) is 6.13. The maximum Gasteiger partial charge on any atom is 0.249 e. The van der Waals surface area contributed by atoms with Gasteiger partial charge in [0, 0.05) is 54.4 Å². The highest BCUT2D eigenvalue weighted by Gasteiger charge is 2.26. The Labute approximate surface area is 190 Å². The van der Waals surface area contributed by atoms with Gasteiger partial charge < -0.3 is 11.1 Å². The van der Waals surface area contributed by atoms with Crippen LogP contribution < -0.4 is 11.1 Å². The fraction of sp³-hybridized carbons (Fsp3) is 0.200. The molecule has 0 spiro atoms. The maximum atomic E-state index is 15.0. The highest BCUT2D eigenvalue weighted by atomic mass is 19.1. The zero-order valence-electron chi connectivity index (χ0n) is 18.3. The van der Waals surface area contributed by atoms with Gasteiger partial charge in [0.25, 0.3) is 0 Å². The number of nitrogens with two attached hydrogens (primary N) is 1. The molecule has 1 aromatic carbocycles. The molecule has 1 aliphatic rings. The fourth-order valence-corrected chi connectivity index (χ4v) is 4.23. The van der Waals surface area contributed by atoms with Crippen molar-refractivity contribution in [3.8, 4) is 11.1 Å². The summed E-state index contributed by atoms with van der Waals surface area (Å²) in [5.41, 5.74) is 10.3. The third-order valence-electron chi connectivity index (χ3n) is 6.13. The minimum absolute atomic E-state index is 0.0224. The SMILES string of the molecule is Cc1ccncc1-c1cc2cc(NC(=O)C=C3CC(c4cnn(C)c4)C3)ncc2c(N)c1F. The summed E-state index contributed by atoms with van der Waals surface area (Å²) in [6.07, 6.45) is 12.0. The van der Waals surface area contributed by atoms with Gasteiger partial charge in [0.1, 0.15) is 5.82 Å². The van der Waals surface area contributed by atoms with Crippen LogP contribution >= 0.6 is 0 Å². The van der Waals surface area contributed by atoms with Crippen molar-refractivity contribution in [1.82, 2.24) is 19.7 Å². The number of aryl methyl sites for hydroxylation is 2. The predicted octanol–water partition coefficient (Wildman–Crippen LogP) is 4.50. The van der Waals surface area contributed by atoms with Gasteiger partial charge in [0.15, 0.2) is 5.82 Å². The Morgan fingerprint density at radius 1 is 1.24 bits per heavy atom. The number of hydrogen-bond donors (Lipinski definition) is 2. The van der Waals surface area contributed by atoms with E-state index in [0.29, 0.717) is 33.6 Å². The lowest BCUT2D eigenvalue weighted by molar-refractivity contribution is -0.112. The zero-order chi connectivity index (χ0) is 23.1. The fourth-order valence-electron chi connectivity index (χ4n) is 4.23. The Kier molecular flexibility index (Phi) is 5.12. The summed E-state index contributed by atoms with van der Waals surface area (Å²) in [5, 5.41) is 8.19. The van der Waals surface area contributed by atoms with Crippen molar-refractivity contribution >= 4 is 28.2 Å². The van der Waals surface area contributed by atoms with Crippen molar-refractivity contribution in [3.63, 3.8) is 0 Å². The smallest absolute Gasteiger partial charge is 0.249 e. The predicted molar refractivity (Wildman–Crippen MR) is 126 cm³/mol. The molecule has 166 valence electrons. The monoisotopic (exact) mass is 442 g/mol. The molecule has 0 radical (unpaired) electrons. The van der Waals surface area contributed by atoms with Crippen LogP contribution in [0.4, 0.5) is 15.9 Å². The average Bonchev–Trinajstić information content (AvgIpc) is 3.19. The number of carbonyl (C=O) groups excluding carboxylic acids is 1. The standard InChI is InChI=1S/C25H23FN6O/c1-14-3-4-28-11-20(14)19-8-17-9-22(29-12-21(17)25(27)24(19)26)31-23(33)7-15-5-16(6-15)18-10-30-32(2)13-18/h3-4,7-13,16H,5-6,27H2,1-2H3,(H,29,31,33). The second-order valence-corrected chi connectivity index (χ2v) is 8.48. The molecule has 8 heteroatoms. The number of anilines is 2. The van der Waals surface area contributed by atoms with Gasteiger partial charge in [-0.05, 0) is 60.4 Å². The Bertz CT molecular complexity index is 1420. The van der Waals surface area contributed by atoms with E-state index in [4.69, 9.17) is 5.73 Å². The topological polar surface area (TPSA) is 98.7 Å². The van der Waals surface area contributed by atoms with Gasteiger partial charge in [-0.15, -0.1) is 0 Å². The molecular weight excluding hydrogens is 419 g/mol. The molecule has 0 atom stereocenters. The van der Waals surface area contributed by atoms with E-state index in [9.17, 15) is 9.18 Å². The van der Waals surface area contributed by atoms with E-state index in [1.807, 2.05) is 32.4 Å². The summed E-state index contributed by atoms with van der Waals surface area (Å²) in [6.45, 7) is 1.89. The van der Waals surface area contributed by atoms with Crippen molar-refractivity contribution in [2.45, 2.75) is 25.7 Å². The Balaban J connectivity index is 1.36. The molecule has 7 nitrogen and oxygen atoms in total. The Hall–Kier alpha value is -4.07. The highest BCUT2D eigenvalue weighted by Crippen LogP contribution is 2.41. The molecule has 3 heterocycles. The number of carbonyl (C=O) groups is 1. The van der Waals surface area contributed by atoms with Gasteiger partial charge in [-0.2, -0.15) is 5.10 Å². The molecule has 4 aromatic rings. The van der Waals surface area contributed by atoms with Crippen molar-refractivity contribution in [3.05, 3.63) is 77.8 Å². The first kappa shape index (κ1) is 20.8. The lowest BCUT2D eigenvalue weighted by Crippen LogP contribution is -2.16. The van der Waals surface area contributed by atoms with Crippen molar-refractivity contribution in [1.29, 1.82) is 0 Å². The molecule has 3 aromatic heterocycles. The molecule has 0 bridgehead atoms. The van der Waals surface area contributed by atoms with Crippen LogP contribution in [-0.2, 0) is 11.8 Å². The number of nitrogens with one attached hydrogen (secondary N) is 1. The molecule has 1 amide bonds. The van der Waals surface area contributed by atoms with Gasteiger partial charge in [-0.3, -0.25) is 14.5 Å². The van der Waals surface area contributed by atoms with E-state index in [2.05, 4.69) is 20.4 Å². The number of nitrogens with zero attached hydrogens (tertiary/aromatic N) is 4. The summed E-state index contributed by atoms with van der Waals surface area (Å²) >= 11 is 0. The Morgan fingerprint density at radius 3 is 2.79 bits per heavy atom. The molecule has 33 heavy (non-hydrogen) atoms. The van der Waals surface area contributed by atoms with Crippen LogP contribution in [0.5, 0.6) is 0 Å². The van der Waals surface area contributed by atoms with E-state index in [1.54, 1.807) is 35.3 Å². The largest absolute Gasteiger partial charge is 0.396 e. The highest BCUT2D eigenvalue weighted by molar-refractivity contribution is 6.02. The van der Waals surface area contributed by atoms with Crippen LogP contribution in [-0.4, -0.2) is 25.7 Å². The number of fused-ring (bicyclic) bond motifs is 1.